The Balaban J connectivity index is 2.18. The van der Waals surface area contributed by atoms with E-state index in [4.69, 9.17) is 4.74 Å². The quantitative estimate of drug-likeness (QED) is 0.282. The highest BCUT2D eigenvalue weighted by molar-refractivity contribution is 5.96. The average molecular weight is 410 g/mol. The second kappa shape index (κ2) is 13.8. The third kappa shape index (κ3) is 9.79. The number of nitrogens with zero attached hydrogens (tertiary/aromatic N) is 1. The minimum atomic E-state index is -0.888. The Hall–Kier alpha value is -1.36. The number of cyclic esters (lactones) is 1. The normalized spacial score (nSPS) is 18.4. The smallest absolute Gasteiger partial charge is 0.417 e. The number of hydrogen-bond donors (Lipinski definition) is 1. The fourth-order valence-corrected chi connectivity index (χ4v) is 3.57. The fraction of sp³-hybridized carbons (Fsp3) is 0.833. The molecule has 1 saturated heterocycles. The molecule has 0 aromatic carbocycles. The standard InChI is InChI=1S/C24H43NO4/c1-5-6-7-8-9-10-11-12-13-14-15-16-17-18-21(26)20-19-29-23(28)25(20)22(27)24(2,3)4/h17-18,20-21,26H,5-16,19H2,1-4H3/b18-17+/t20-,21+/m0/s1. The van der Waals surface area contributed by atoms with Crippen LogP contribution in [0.1, 0.15) is 105 Å². The Kier molecular flexibility index (Phi) is 12.2. The summed E-state index contributed by atoms with van der Waals surface area (Å²) >= 11 is 0. The van der Waals surface area contributed by atoms with E-state index in [2.05, 4.69) is 6.92 Å². The van der Waals surface area contributed by atoms with Crippen LogP contribution in [0.3, 0.4) is 0 Å². The Morgan fingerprint density at radius 1 is 1.07 bits per heavy atom. The number of rotatable bonds is 14. The maximum absolute atomic E-state index is 12.5. The predicted octanol–water partition coefficient (Wildman–Crippen LogP) is 6.00. The number of carbonyl (C=O) groups is 2. The fourth-order valence-electron chi connectivity index (χ4n) is 3.57. The van der Waals surface area contributed by atoms with E-state index >= 15 is 0 Å². The first-order chi connectivity index (χ1) is 13.8. The number of aliphatic hydroxyl groups excluding tert-OH is 1. The predicted molar refractivity (Wildman–Crippen MR) is 118 cm³/mol. The SMILES string of the molecule is CCCCCCCCCCCCC/C=C/[C@@H](O)[C@@H]1COC(=O)N1C(=O)C(C)(C)C. The molecule has 0 unspecified atom stereocenters. The number of aliphatic hydroxyl groups is 1. The van der Waals surface area contributed by atoms with Crippen LogP contribution >= 0.6 is 0 Å². The molecular weight excluding hydrogens is 366 g/mol. The third-order valence-corrected chi connectivity index (χ3v) is 5.47. The van der Waals surface area contributed by atoms with E-state index in [1.54, 1.807) is 26.8 Å². The Morgan fingerprint density at radius 3 is 2.10 bits per heavy atom. The topological polar surface area (TPSA) is 66.8 Å². The molecule has 0 saturated carbocycles. The summed E-state index contributed by atoms with van der Waals surface area (Å²) in [7, 11) is 0. The van der Waals surface area contributed by atoms with Crippen molar-refractivity contribution in [1.29, 1.82) is 0 Å². The van der Waals surface area contributed by atoms with Crippen molar-refractivity contribution < 1.29 is 19.4 Å². The van der Waals surface area contributed by atoms with E-state index in [1.165, 1.54) is 64.2 Å². The van der Waals surface area contributed by atoms with Crippen LogP contribution in [0.4, 0.5) is 4.79 Å². The van der Waals surface area contributed by atoms with Gasteiger partial charge in [0.05, 0.1) is 6.10 Å². The number of ether oxygens (including phenoxy) is 1. The van der Waals surface area contributed by atoms with Gasteiger partial charge in [0.2, 0.25) is 5.91 Å². The molecule has 1 heterocycles. The molecule has 0 aromatic heterocycles. The van der Waals surface area contributed by atoms with Crippen LogP contribution < -0.4 is 0 Å². The van der Waals surface area contributed by atoms with Crippen molar-refractivity contribution in [2.45, 2.75) is 117 Å². The molecule has 29 heavy (non-hydrogen) atoms. The highest BCUT2D eigenvalue weighted by Crippen LogP contribution is 2.25. The molecule has 5 heteroatoms. The molecule has 5 nitrogen and oxygen atoms in total. The number of hydrogen-bond acceptors (Lipinski definition) is 4. The third-order valence-electron chi connectivity index (χ3n) is 5.47. The van der Waals surface area contributed by atoms with Gasteiger partial charge in [-0.15, -0.1) is 0 Å². The van der Waals surface area contributed by atoms with Gasteiger partial charge in [-0.3, -0.25) is 4.79 Å². The lowest BCUT2D eigenvalue weighted by Crippen LogP contribution is -2.49. The Bertz CT molecular complexity index is 510. The van der Waals surface area contributed by atoms with Gasteiger partial charge in [-0.05, 0) is 12.8 Å². The minimum Gasteiger partial charge on any atom is -0.447 e. The van der Waals surface area contributed by atoms with E-state index in [0.717, 1.165) is 17.7 Å². The number of amides is 2. The van der Waals surface area contributed by atoms with Gasteiger partial charge in [0.15, 0.2) is 0 Å². The molecule has 0 spiro atoms. The van der Waals surface area contributed by atoms with Crippen LogP contribution in [0.2, 0.25) is 0 Å². The van der Waals surface area contributed by atoms with E-state index in [9.17, 15) is 14.7 Å². The average Bonchev–Trinajstić information content (AvgIpc) is 3.05. The van der Waals surface area contributed by atoms with Crippen molar-refractivity contribution in [3.63, 3.8) is 0 Å². The zero-order valence-corrected chi connectivity index (χ0v) is 19.1. The lowest BCUT2D eigenvalue weighted by Gasteiger charge is -2.28. The van der Waals surface area contributed by atoms with Crippen LogP contribution in [0, 0.1) is 5.41 Å². The summed E-state index contributed by atoms with van der Waals surface area (Å²) in [6.07, 6.45) is 17.4. The summed E-state index contributed by atoms with van der Waals surface area (Å²) in [6, 6.07) is -0.636. The molecule has 1 rings (SSSR count). The second-order valence-electron chi connectivity index (χ2n) is 9.31. The summed E-state index contributed by atoms with van der Waals surface area (Å²) < 4.78 is 5.01. The molecule has 2 atom stereocenters. The Morgan fingerprint density at radius 2 is 1.59 bits per heavy atom. The van der Waals surface area contributed by atoms with E-state index in [1.807, 2.05) is 6.08 Å². The summed E-state index contributed by atoms with van der Waals surface area (Å²) in [5.74, 6) is -0.317. The van der Waals surface area contributed by atoms with Gasteiger partial charge in [0, 0.05) is 5.41 Å². The number of unbranched alkanes of at least 4 members (excludes halogenated alkanes) is 11. The molecule has 0 bridgehead atoms. The van der Waals surface area contributed by atoms with E-state index in [0.29, 0.717) is 0 Å². The van der Waals surface area contributed by atoms with Gasteiger partial charge in [-0.2, -0.15) is 0 Å². The summed E-state index contributed by atoms with van der Waals surface area (Å²) in [6.45, 7) is 7.57. The summed E-state index contributed by atoms with van der Waals surface area (Å²) in [4.78, 5) is 25.5. The lowest BCUT2D eigenvalue weighted by atomic mass is 9.93. The van der Waals surface area contributed by atoms with Crippen molar-refractivity contribution in [3.05, 3.63) is 12.2 Å². The van der Waals surface area contributed by atoms with Gasteiger partial charge < -0.3 is 9.84 Å². The van der Waals surface area contributed by atoms with Crippen molar-refractivity contribution >= 4 is 12.0 Å². The Labute approximate surface area is 177 Å². The highest BCUT2D eigenvalue weighted by Gasteiger charge is 2.44. The molecule has 0 aliphatic carbocycles. The zero-order chi connectivity index (χ0) is 21.7. The number of carbonyl (C=O) groups excluding carboxylic acids is 2. The summed E-state index contributed by atoms with van der Waals surface area (Å²) in [5.41, 5.74) is -0.694. The van der Waals surface area contributed by atoms with Crippen LogP contribution in [0.5, 0.6) is 0 Å². The first-order valence-corrected chi connectivity index (χ1v) is 11.6. The van der Waals surface area contributed by atoms with Gasteiger partial charge >= 0.3 is 6.09 Å². The van der Waals surface area contributed by atoms with Crippen LogP contribution in [0.25, 0.3) is 0 Å². The monoisotopic (exact) mass is 409 g/mol. The molecule has 1 fully saturated rings. The van der Waals surface area contributed by atoms with E-state index < -0.39 is 23.7 Å². The number of allylic oxidation sites excluding steroid dienone is 1. The molecule has 0 radical (unpaired) electrons. The highest BCUT2D eigenvalue weighted by atomic mass is 16.6. The first kappa shape index (κ1) is 25.7. The zero-order valence-electron chi connectivity index (χ0n) is 19.1. The van der Waals surface area contributed by atoms with E-state index in [-0.39, 0.29) is 12.5 Å². The van der Waals surface area contributed by atoms with Crippen LogP contribution in [0.15, 0.2) is 12.2 Å². The maximum atomic E-state index is 12.5. The molecule has 1 aliphatic rings. The molecular formula is C24H43NO4. The van der Waals surface area contributed by atoms with Crippen molar-refractivity contribution in [2.75, 3.05) is 6.61 Å². The lowest BCUT2D eigenvalue weighted by molar-refractivity contribution is -0.138. The van der Waals surface area contributed by atoms with Gasteiger partial charge in [0.1, 0.15) is 12.6 Å². The van der Waals surface area contributed by atoms with Gasteiger partial charge in [0.25, 0.3) is 0 Å². The minimum absolute atomic E-state index is 0.0462. The first-order valence-electron chi connectivity index (χ1n) is 11.6. The number of imide groups is 1. The second-order valence-corrected chi connectivity index (χ2v) is 9.31. The van der Waals surface area contributed by atoms with Crippen molar-refractivity contribution in [2.24, 2.45) is 5.41 Å². The largest absolute Gasteiger partial charge is 0.447 e. The molecule has 1 N–H and O–H groups in total. The molecule has 1 aliphatic heterocycles. The van der Waals surface area contributed by atoms with Crippen LogP contribution in [-0.2, 0) is 9.53 Å². The van der Waals surface area contributed by atoms with Crippen molar-refractivity contribution in [3.8, 4) is 0 Å². The summed E-state index contributed by atoms with van der Waals surface area (Å²) in [5, 5.41) is 10.4. The van der Waals surface area contributed by atoms with Crippen molar-refractivity contribution in [1.82, 2.24) is 4.90 Å². The molecule has 2 amide bonds. The van der Waals surface area contributed by atoms with Crippen LogP contribution in [-0.4, -0.2) is 40.8 Å². The maximum Gasteiger partial charge on any atom is 0.417 e. The van der Waals surface area contributed by atoms with Gasteiger partial charge in [-0.25, -0.2) is 9.69 Å². The van der Waals surface area contributed by atoms with Gasteiger partial charge in [-0.1, -0.05) is 104 Å². The molecule has 0 aromatic rings. The molecule has 168 valence electrons.